The summed E-state index contributed by atoms with van der Waals surface area (Å²) < 4.78 is 14.8. The Morgan fingerprint density at radius 2 is 1.82 bits per heavy atom. The molecule has 1 N–H and O–H groups in total. The summed E-state index contributed by atoms with van der Waals surface area (Å²) in [6.45, 7) is 1.82. The van der Waals surface area contributed by atoms with Crippen LogP contribution in [0.15, 0.2) is 48.5 Å². The van der Waals surface area contributed by atoms with Gasteiger partial charge in [0.2, 0.25) is 0 Å². The van der Waals surface area contributed by atoms with E-state index in [1.165, 1.54) is 12.1 Å². The number of benzene rings is 2. The number of aromatic nitrogens is 3. The number of hydrogen-bond donors (Lipinski definition) is 1. The first kappa shape index (κ1) is 14.4. The molecule has 0 unspecified atom stereocenters. The lowest BCUT2D eigenvalue weighted by molar-refractivity contribution is 0.275. The van der Waals surface area contributed by atoms with Gasteiger partial charge in [0, 0.05) is 6.42 Å². The van der Waals surface area contributed by atoms with E-state index in [0.29, 0.717) is 12.1 Å². The molecule has 3 rings (SSSR count). The fourth-order valence-corrected chi connectivity index (χ4v) is 2.42. The van der Waals surface area contributed by atoms with Crippen molar-refractivity contribution < 1.29 is 9.50 Å². The van der Waals surface area contributed by atoms with Crippen LogP contribution in [0.3, 0.4) is 0 Å². The Balaban J connectivity index is 2.04. The van der Waals surface area contributed by atoms with Crippen molar-refractivity contribution in [1.29, 1.82) is 0 Å². The molecule has 112 valence electrons. The Bertz CT molecular complexity index is 781. The quantitative estimate of drug-likeness (QED) is 0.805. The maximum Gasteiger partial charge on any atom is 0.123 e. The molecule has 1 heterocycles. The lowest BCUT2D eigenvalue weighted by atomic mass is 10.1. The third kappa shape index (κ3) is 2.76. The van der Waals surface area contributed by atoms with Crippen LogP contribution in [0, 0.1) is 12.7 Å². The molecular weight excluding hydrogens is 281 g/mol. The molecule has 5 heteroatoms. The Morgan fingerprint density at radius 3 is 2.50 bits per heavy atom. The predicted octanol–water partition coefficient (Wildman–Crippen LogP) is 2.80. The Hall–Kier alpha value is -2.53. The van der Waals surface area contributed by atoms with E-state index in [1.54, 1.807) is 16.8 Å². The highest BCUT2D eigenvalue weighted by Gasteiger charge is 2.15. The van der Waals surface area contributed by atoms with Gasteiger partial charge in [-0.05, 0) is 36.2 Å². The molecule has 0 fully saturated rings. The molecule has 2 aromatic carbocycles. The lowest BCUT2D eigenvalue weighted by Gasteiger charge is -2.10. The van der Waals surface area contributed by atoms with Crippen molar-refractivity contribution in [2.75, 3.05) is 0 Å². The molecule has 22 heavy (non-hydrogen) atoms. The fraction of sp³-hybridized carbons (Fsp3) is 0.176. The maximum absolute atomic E-state index is 13.0. The van der Waals surface area contributed by atoms with Crippen LogP contribution in [0.1, 0.15) is 22.5 Å². The van der Waals surface area contributed by atoms with Gasteiger partial charge in [-0.2, -0.15) is 0 Å². The number of aliphatic hydroxyl groups is 1. The van der Waals surface area contributed by atoms with Gasteiger partial charge in [0.25, 0.3) is 0 Å². The summed E-state index contributed by atoms with van der Waals surface area (Å²) in [5.41, 5.74) is 4.27. The summed E-state index contributed by atoms with van der Waals surface area (Å²) in [4.78, 5) is 0. The first-order valence-corrected chi connectivity index (χ1v) is 7.04. The standard InChI is InChI=1S/C17H16FN3O/c1-12-4-2-3-5-16(12)21-17(15(11-22)19-20-21)10-13-6-8-14(18)9-7-13/h2-9,22H,10-11H2,1H3. The van der Waals surface area contributed by atoms with Gasteiger partial charge >= 0.3 is 0 Å². The predicted molar refractivity (Wildman–Crippen MR) is 81.2 cm³/mol. The van der Waals surface area contributed by atoms with E-state index < -0.39 is 0 Å². The van der Waals surface area contributed by atoms with Crippen LogP contribution in [-0.2, 0) is 13.0 Å². The van der Waals surface area contributed by atoms with Crippen LogP contribution in [0.2, 0.25) is 0 Å². The molecule has 3 aromatic rings. The molecule has 0 saturated carbocycles. The van der Waals surface area contributed by atoms with Crippen LogP contribution in [0.4, 0.5) is 4.39 Å². The molecule has 0 amide bonds. The summed E-state index contributed by atoms with van der Waals surface area (Å²) >= 11 is 0. The largest absolute Gasteiger partial charge is 0.390 e. The zero-order valence-corrected chi connectivity index (χ0v) is 12.2. The van der Waals surface area contributed by atoms with Crippen LogP contribution in [0.5, 0.6) is 0 Å². The summed E-state index contributed by atoms with van der Waals surface area (Å²) in [6.07, 6.45) is 0.525. The van der Waals surface area contributed by atoms with Crippen molar-refractivity contribution in [1.82, 2.24) is 15.0 Å². The van der Waals surface area contributed by atoms with Gasteiger partial charge < -0.3 is 5.11 Å². The molecule has 0 aliphatic carbocycles. The minimum absolute atomic E-state index is 0.178. The zero-order chi connectivity index (χ0) is 15.5. The van der Waals surface area contributed by atoms with E-state index in [-0.39, 0.29) is 12.4 Å². The second-order valence-electron chi connectivity index (χ2n) is 5.14. The highest BCUT2D eigenvalue weighted by Crippen LogP contribution is 2.20. The molecule has 0 atom stereocenters. The van der Waals surface area contributed by atoms with E-state index in [9.17, 15) is 9.50 Å². The number of aryl methyl sites for hydroxylation is 1. The summed E-state index contributed by atoms with van der Waals surface area (Å²) in [5, 5.41) is 17.7. The first-order valence-electron chi connectivity index (χ1n) is 7.04. The van der Waals surface area contributed by atoms with E-state index in [4.69, 9.17) is 0 Å². The number of para-hydroxylation sites is 1. The minimum atomic E-state index is -0.267. The molecule has 0 radical (unpaired) electrons. The minimum Gasteiger partial charge on any atom is -0.390 e. The van der Waals surface area contributed by atoms with Crippen molar-refractivity contribution in [3.05, 3.63) is 76.9 Å². The maximum atomic E-state index is 13.0. The fourth-order valence-electron chi connectivity index (χ4n) is 2.42. The third-order valence-electron chi connectivity index (χ3n) is 3.62. The molecule has 4 nitrogen and oxygen atoms in total. The molecule has 0 bridgehead atoms. The number of nitrogens with zero attached hydrogens (tertiary/aromatic N) is 3. The Morgan fingerprint density at radius 1 is 1.09 bits per heavy atom. The highest BCUT2D eigenvalue weighted by atomic mass is 19.1. The first-order chi connectivity index (χ1) is 10.7. The monoisotopic (exact) mass is 297 g/mol. The number of hydrogen-bond acceptors (Lipinski definition) is 3. The van der Waals surface area contributed by atoms with E-state index in [1.807, 2.05) is 31.2 Å². The smallest absolute Gasteiger partial charge is 0.123 e. The van der Waals surface area contributed by atoms with Crippen molar-refractivity contribution in [3.8, 4) is 5.69 Å². The van der Waals surface area contributed by atoms with Gasteiger partial charge in [0.1, 0.15) is 11.5 Å². The number of rotatable bonds is 4. The topological polar surface area (TPSA) is 50.9 Å². The molecule has 0 aliphatic rings. The molecule has 0 spiro atoms. The Labute approximate surface area is 127 Å². The average molecular weight is 297 g/mol. The summed E-state index contributed by atoms with van der Waals surface area (Å²) in [6, 6.07) is 14.2. The molecular formula is C17H16FN3O. The average Bonchev–Trinajstić information content (AvgIpc) is 2.92. The highest BCUT2D eigenvalue weighted by molar-refractivity contribution is 5.41. The molecule has 0 saturated heterocycles. The van der Waals surface area contributed by atoms with Gasteiger partial charge in [-0.1, -0.05) is 35.5 Å². The normalized spacial score (nSPS) is 10.9. The van der Waals surface area contributed by atoms with E-state index >= 15 is 0 Å². The van der Waals surface area contributed by atoms with Crippen molar-refractivity contribution in [3.63, 3.8) is 0 Å². The Kier molecular flexibility index (Phi) is 3.98. The van der Waals surface area contributed by atoms with Gasteiger partial charge in [0.15, 0.2) is 0 Å². The SMILES string of the molecule is Cc1ccccc1-n1nnc(CO)c1Cc1ccc(F)cc1. The van der Waals surface area contributed by atoms with Crippen LogP contribution < -0.4 is 0 Å². The van der Waals surface area contributed by atoms with Crippen molar-refractivity contribution >= 4 is 0 Å². The van der Waals surface area contributed by atoms with Gasteiger partial charge in [-0.15, -0.1) is 5.10 Å². The number of halogens is 1. The summed E-state index contributed by atoms with van der Waals surface area (Å²) in [5.74, 6) is -0.267. The van der Waals surface area contributed by atoms with Gasteiger partial charge in [-0.25, -0.2) is 9.07 Å². The summed E-state index contributed by atoms with van der Waals surface area (Å²) in [7, 11) is 0. The van der Waals surface area contributed by atoms with Crippen LogP contribution >= 0.6 is 0 Å². The zero-order valence-electron chi connectivity index (χ0n) is 12.2. The van der Waals surface area contributed by atoms with Gasteiger partial charge in [-0.3, -0.25) is 0 Å². The van der Waals surface area contributed by atoms with Gasteiger partial charge in [0.05, 0.1) is 18.0 Å². The number of aliphatic hydroxyl groups excluding tert-OH is 1. The van der Waals surface area contributed by atoms with E-state index in [0.717, 1.165) is 22.5 Å². The van der Waals surface area contributed by atoms with E-state index in [2.05, 4.69) is 10.3 Å². The van der Waals surface area contributed by atoms with Crippen molar-refractivity contribution in [2.24, 2.45) is 0 Å². The second kappa shape index (κ2) is 6.07. The lowest BCUT2D eigenvalue weighted by Crippen LogP contribution is -2.06. The second-order valence-corrected chi connectivity index (χ2v) is 5.14. The van der Waals surface area contributed by atoms with Crippen molar-refractivity contribution in [2.45, 2.75) is 20.0 Å². The third-order valence-corrected chi connectivity index (χ3v) is 3.62. The molecule has 1 aromatic heterocycles. The molecule has 0 aliphatic heterocycles. The van der Waals surface area contributed by atoms with Crippen LogP contribution in [-0.4, -0.2) is 20.1 Å². The van der Waals surface area contributed by atoms with Crippen LogP contribution in [0.25, 0.3) is 5.69 Å².